The third-order valence-corrected chi connectivity index (χ3v) is 9.62. The maximum Gasteiger partial charge on any atom is 0.143 e. The van der Waals surface area contributed by atoms with Crippen molar-refractivity contribution in [2.45, 2.75) is 0 Å². The van der Waals surface area contributed by atoms with E-state index in [1.165, 1.54) is 0 Å². The molecule has 11 aromatic rings. The Hall–Kier alpha value is -6.96. The molecule has 1 heterocycles. The van der Waals surface area contributed by atoms with Crippen LogP contribution >= 0.6 is 0 Å². The van der Waals surface area contributed by atoms with Crippen LogP contribution in [0.1, 0.15) is 26.0 Å². The van der Waals surface area contributed by atoms with Gasteiger partial charge in [0, 0.05) is 16.3 Å². The number of furan rings is 1. The van der Waals surface area contributed by atoms with E-state index < -0.39 is 164 Å². The predicted molar refractivity (Wildman–Crippen MR) is 225 cm³/mol. The summed E-state index contributed by atoms with van der Waals surface area (Å²) in [5.74, 6) is 0. The van der Waals surface area contributed by atoms with Crippen LogP contribution in [0.25, 0.3) is 110 Å². The van der Waals surface area contributed by atoms with Crippen LogP contribution in [0.5, 0.6) is 0 Å². The van der Waals surface area contributed by atoms with E-state index >= 15 is 0 Å². The molecule has 0 fully saturated rings. The quantitative estimate of drug-likeness (QED) is 0.167. The molecule has 0 aliphatic rings. The third kappa shape index (κ3) is 4.71. The molecule has 246 valence electrons. The van der Waals surface area contributed by atoms with Gasteiger partial charge in [0.2, 0.25) is 0 Å². The van der Waals surface area contributed by atoms with Gasteiger partial charge in [-0.3, -0.25) is 0 Å². The van der Waals surface area contributed by atoms with Gasteiger partial charge in [0.05, 0.1) is 26.0 Å². The van der Waals surface area contributed by atoms with Gasteiger partial charge in [-0.2, -0.15) is 0 Å². The van der Waals surface area contributed by atoms with Crippen molar-refractivity contribution in [1.82, 2.24) is 0 Å². The van der Waals surface area contributed by atoms with E-state index in [0.717, 1.165) is 27.3 Å². The van der Waals surface area contributed by atoms with Crippen LogP contribution in [-0.2, 0) is 0 Å². The summed E-state index contributed by atoms with van der Waals surface area (Å²) in [6.45, 7) is 0. The minimum Gasteiger partial charge on any atom is -0.455 e. The molecule has 11 rings (SSSR count). The van der Waals surface area contributed by atoms with E-state index in [-0.39, 0.29) is 10.9 Å². The fourth-order valence-corrected chi connectivity index (χ4v) is 7.27. The van der Waals surface area contributed by atoms with Gasteiger partial charge in [-0.05, 0) is 106 Å². The standard InChI is InChI=1S/C52H32O/c1-2-13-34(14-3-1)50-42-17-6-8-19-44(42)51(45-20-9-7-18-43(45)50)39-27-26-35-30-36(24-25-37(35)31-39)38-28-29-49-48(32-38)47-23-11-22-46(52(47)53-49)41-21-10-15-33-12-4-5-16-40(33)41/h1-32H/i1D,2D,3D,6D,7D,8D,9D,13D,14D,17D,18D,19D,20D,24D,25D,26D,27D,30D,31D. The summed E-state index contributed by atoms with van der Waals surface area (Å²) in [4.78, 5) is 0. The summed E-state index contributed by atoms with van der Waals surface area (Å²) in [6.07, 6.45) is 0. The Morgan fingerprint density at radius 1 is 0.358 bits per heavy atom. The van der Waals surface area contributed by atoms with E-state index in [1.807, 2.05) is 60.7 Å². The number of fused-ring (bicyclic) bond motifs is 7. The summed E-state index contributed by atoms with van der Waals surface area (Å²) in [7, 11) is 0. The molecule has 0 spiro atoms. The minimum atomic E-state index is -0.870. The molecule has 0 saturated carbocycles. The fourth-order valence-electron chi connectivity index (χ4n) is 7.27. The SMILES string of the molecule is [2H]c1c([2H])c([2H])c(-c2c3c([2H])c([2H])c([2H])c([2H])c3c(-c3c([2H])c([2H])c4c([2H])c(-c5ccc6oc7c(-c8cccc9ccccc89)cccc7c6c5)c([2H])c([2H])c4c3[2H])c3c([2H])c([2H])c([2H])c([2H])c23)c([2H])c1[2H]. The van der Waals surface area contributed by atoms with Crippen molar-refractivity contribution in [2.24, 2.45) is 0 Å². The number of rotatable bonds is 4. The molecule has 0 unspecified atom stereocenters. The summed E-state index contributed by atoms with van der Waals surface area (Å²) in [6, 6.07) is 9.53. The van der Waals surface area contributed by atoms with Gasteiger partial charge in [-0.25, -0.2) is 0 Å². The Kier molecular flexibility index (Phi) is 3.69. The number of benzene rings is 10. The molecular weight excluding hydrogens is 641 g/mol. The summed E-state index contributed by atoms with van der Waals surface area (Å²) >= 11 is 0. The molecule has 0 bridgehead atoms. The van der Waals surface area contributed by atoms with E-state index in [4.69, 9.17) is 16.8 Å². The monoisotopic (exact) mass is 691 g/mol. The van der Waals surface area contributed by atoms with Crippen molar-refractivity contribution in [1.29, 1.82) is 0 Å². The zero-order valence-corrected chi connectivity index (χ0v) is 27.4. The first-order valence-corrected chi connectivity index (χ1v) is 16.7. The molecular formula is C52H32O. The van der Waals surface area contributed by atoms with E-state index in [2.05, 4.69) is 0 Å². The molecule has 1 heteroatoms. The maximum atomic E-state index is 9.78. The molecule has 0 aliphatic carbocycles. The Morgan fingerprint density at radius 2 is 0.943 bits per heavy atom. The normalized spacial score (nSPS) is 16.8. The maximum absolute atomic E-state index is 9.78. The first-order chi connectivity index (χ1) is 34.2. The Morgan fingerprint density at radius 3 is 1.70 bits per heavy atom. The van der Waals surface area contributed by atoms with Crippen LogP contribution in [0.3, 0.4) is 0 Å². The molecule has 0 N–H and O–H groups in total. The Balaban J connectivity index is 1.23. The van der Waals surface area contributed by atoms with Gasteiger partial charge in [-0.15, -0.1) is 0 Å². The number of hydrogen-bond donors (Lipinski definition) is 0. The minimum absolute atomic E-state index is 0.101. The fraction of sp³-hybridized carbons (Fsp3) is 0. The van der Waals surface area contributed by atoms with Gasteiger partial charge >= 0.3 is 0 Å². The van der Waals surface area contributed by atoms with Crippen molar-refractivity contribution in [2.75, 3.05) is 0 Å². The van der Waals surface area contributed by atoms with Crippen LogP contribution in [0, 0.1) is 0 Å². The first-order valence-electron chi connectivity index (χ1n) is 26.2. The zero-order valence-electron chi connectivity index (χ0n) is 46.4. The van der Waals surface area contributed by atoms with Crippen LogP contribution < -0.4 is 0 Å². The average molecular weight is 692 g/mol. The van der Waals surface area contributed by atoms with Crippen molar-refractivity contribution in [3.05, 3.63) is 194 Å². The second-order valence-corrected chi connectivity index (χ2v) is 12.5. The van der Waals surface area contributed by atoms with Crippen molar-refractivity contribution >= 4 is 65.0 Å². The second kappa shape index (κ2) is 11.8. The van der Waals surface area contributed by atoms with Gasteiger partial charge in [0.1, 0.15) is 11.2 Å². The Labute approximate surface area is 333 Å². The van der Waals surface area contributed by atoms with Crippen molar-refractivity contribution in [3.8, 4) is 44.5 Å². The number of hydrogen-bond acceptors (Lipinski definition) is 1. The lowest BCUT2D eigenvalue weighted by atomic mass is 9.85. The summed E-state index contributed by atoms with van der Waals surface area (Å²) in [5, 5.41) is 0.241. The highest BCUT2D eigenvalue weighted by molar-refractivity contribution is 6.22. The van der Waals surface area contributed by atoms with Gasteiger partial charge in [-0.1, -0.05) is 169 Å². The van der Waals surface area contributed by atoms with Crippen LogP contribution in [0.4, 0.5) is 0 Å². The molecule has 0 radical (unpaired) electrons. The molecule has 10 aromatic carbocycles. The third-order valence-electron chi connectivity index (χ3n) is 9.62. The Bertz CT molecular complexity index is 4220. The topological polar surface area (TPSA) is 13.1 Å². The highest BCUT2D eigenvalue weighted by Gasteiger charge is 2.18. The zero-order chi connectivity index (χ0) is 51.4. The van der Waals surface area contributed by atoms with Crippen LogP contribution in [-0.4, -0.2) is 0 Å². The van der Waals surface area contributed by atoms with E-state index in [9.17, 15) is 13.7 Å². The average Bonchev–Trinajstić information content (AvgIpc) is 3.75. The van der Waals surface area contributed by atoms with Crippen molar-refractivity contribution in [3.63, 3.8) is 0 Å². The van der Waals surface area contributed by atoms with E-state index in [0.29, 0.717) is 22.1 Å². The van der Waals surface area contributed by atoms with Crippen LogP contribution in [0.2, 0.25) is 0 Å². The van der Waals surface area contributed by atoms with Crippen molar-refractivity contribution < 1.29 is 30.5 Å². The molecule has 53 heavy (non-hydrogen) atoms. The molecule has 0 aliphatic heterocycles. The lowest BCUT2D eigenvalue weighted by Gasteiger charge is -2.18. The molecule has 0 atom stereocenters. The van der Waals surface area contributed by atoms with Gasteiger partial charge < -0.3 is 4.42 Å². The largest absolute Gasteiger partial charge is 0.455 e. The predicted octanol–water partition coefficient (Wildman–Crippen LogP) is 14.9. The second-order valence-electron chi connectivity index (χ2n) is 12.5. The highest BCUT2D eigenvalue weighted by Crippen LogP contribution is 2.45. The molecule has 0 amide bonds. The lowest BCUT2D eigenvalue weighted by Crippen LogP contribution is -1.90. The lowest BCUT2D eigenvalue weighted by molar-refractivity contribution is 0.670. The molecule has 1 nitrogen and oxygen atoms in total. The van der Waals surface area contributed by atoms with E-state index in [1.54, 1.807) is 18.2 Å². The molecule has 0 saturated heterocycles. The first kappa shape index (κ1) is 16.6. The summed E-state index contributed by atoms with van der Waals surface area (Å²) in [5.41, 5.74) is 0.625. The van der Waals surface area contributed by atoms with Gasteiger partial charge in [0.25, 0.3) is 0 Å². The van der Waals surface area contributed by atoms with Gasteiger partial charge in [0.15, 0.2) is 0 Å². The highest BCUT2D eigenvalue weighted by atomic mass is 16.3. The summed E-state index contributed by atoms with van der Waals surface area (Å²) < 4.78 is 179. The number of para-hydroxylation sites is 1. The molecule has 1 aromatic heterocycles. The van der Waals surface area contributed by atoms with Crippen LogP contribution in [0.15, 0.2) is 198 Å². The smallest absolute Gasteiger partial charge is 0.143 e.